The van der Waals surface area contributed by atoms with E-state index in [-0.39, 0.29) is 0 Å². The molecule has 0 aliphatic heterocycles. The Hall–Kier alpha value is -1.16. The molecular formula is C12H20N4. The summed E-state index contributed by atoms with van der Waals surface area (Å²) in [5, 5.41) is 3.38. The predicted molar refractivity (Wildman–Crippen MR) is 65.3 cm³/mol. The minimum Gasteiger partial charge on any atom is -0.370 e. The molecule has 0 bridgehead atoms. The van der Waals surface area contributed by atoms with Crippen LogP contribution in [0.4, 0.5) is 5.82 Å². The zero-order valence-electron chi connectivity index (χ0n) is 10.0. The standard InChI is InChI=1S/C12H20N4/c1-8-5-12(16-9(2)15-8)14-7-10-3-4-11(13)6-10/h5,10-11H,3-4,6-7,13H2,1-2H3,(H,14,15,16). The van der Waals surface area contributed by atoms with E-state index < -0.39 is 0 Å². The summed E-state index contributed by atoms with van der Waals surface area (Å²) in [6, 6.07) is 2.39. The summed E-state index contributed by atoms with van der Waals surface area (Å²) in [6.07, 6.45) is 3.53. The maximum atomic E-state index is 5.89. The molecule has 0 saturated heterocycles. The van der Waals surface area contributed by atoms with Crippen LogP contribution in [0.5, 0.6) is 0 Å². The Morgan fingerprint density at radius 2 is 2.19 bits per heavy atom. The van der Waals surface area contributed by atoms with Gasteiger partial charge in [-0.05, 0) is 39.0 Å². The molecule has 4 nitrogen and oxygen atoms in total. The molecule has 0 radical (unpaired) electrons. The lowest BCUT2D eigenvalue weighted by Crippen LogP contribution is -2.18. The van der Waals surface area contributed by atoms with E-state index in [1.165, 1.54) is 6.42 Å². The van der Waals surface area contributed by atoms with Crippen LogP contribution in [0.15, 0.2) is 6.07 Å². The fourth-order valence-corrected chi connectivity index (χ4v) is 2.36. The molecule has 2 rings (SSSR count). The summed E-state index contributed by atoms with van der Waals surface area (Å²) >= 11 is 0. The van der Waals surface area contributed by atoms with Crippen molar-refractivity contribution in [2.45, 2.75) is 39.2 Å². The van der Waals surface area contributed by atoms with Gasteiger partial charge in [-0.1, -0.05) is 0 Å². The Morgan fingerprint density at radius 3 is 2.81 bits per heavy atom. The van der Waals surface area contributed by atoms with Crippen molar-refractivity contribution in [1.82, 2.24) is 9.97 Å². The van der Waals surface area contributed by atoms with Gasteiger partial charge in [0.2, 0.25) is 0 Å². The number of nitrogens with two attached hydrogens (primary N) is 1. The van der Waals surface area contributed by atoms with Gasteiger partial charge in [0, 0.05) is 24.3 Å². The van der Waals surface area contributed by atoms with Crippen LogP contribution in [0.2, 0.25) is 0 Å². The lowest BCUT2D eigenvalue weighted by molar-refractivity contribution is 0.564. The Bertz CT molecular complexity index is 344. The van der Waals surface area contributed by atoms with Crippen molar-refractivity contribution in [2.24, 2.45) is 11.7 Å². The number of nitrogens with one attached hydrogen (secondary N) is 1. The zero-order chi connectivity index (χ0) is 11.5. The maximum absolute atomic E-state index is 5.89. The van der Waals surface area contributed by atoms with Crippen LogP contribution >= 0.6 is 0 Å². The second kappa shape index (κ2) is 4.78. The first-order valence-corrected chi connectivity index (χ1v) is 5.95. The van der Waals surface area contributed by atoms with Crippen LogP contribution < -0.4 is 11.1 Å². The number of anilines is 1. The average molecular weight is 220 g/mol. The Morgan fingerprint density at radius 1 is 1.38 bits per heavy atom. The van der Waals surface area contributed by atoms with Crippen molar-refractivity contribution in [3.63, 3.8) is 0 Å². The van der Waals surface area contributed by atoms with Gasteiger partial charge in [-0.2, -0.15) is 0 Å². The fourth-order valence-electron chi connectivity index (χ4n) is 2.36. The first kappa shape index (κ1) is 11.3. The van der Waals surface area contributed by atoms with Crippen molar-refractivity contribution in [3.8, 4) is 0 Å². The molecular weight excluding hydrogens is 200 g/mol. The number of hydrogen-bond acceptors (Lipinski definition) is 4. The van der Waals surface area contributed by atoms with Gasteiger partial charge >= 0.3 is 0 Å². The van der Waals surface area contributed by atoms with Crippen LogP contribution in [0.1, 0.15) is 30.8 Å². The third-order valence-corrected chi connectivity index (χ3v) is 3.12. The highest BCUT2D eigenvalue weighted by Gasteiger charge is 2.21. The molecule has 88 valence electrons. The van der Waals surface area contributed by atoms with Crippen molar-refractivity contribution < 1.29 is 0 Å². The zero-order valence-corrected chi connectivity index (χ0v) is 10.0. The number of aromatic nitrogens is 2. The van der Waals surface area contributed by atoms with Gasteiger partial charge in [0.15, 0.2) is 0 Å². The molecule has 4 heteroatoms. The van der Waals surface area contributed by atoms with Crippen molar-refractivity contribution in [3.05, 3.63) is 17.6 Å². The third kappa shape index (κ3) is 2.92. The SMILES string of the molecule is Cc1cc(NCC2CCC(N)C2)nc(C)n1. The van der Waals surface area contributed by atoms with Crippen LogP contribution in [0.25, 0.3) is 0 Å². The second-order valence-corrected chi connectivity index (χ2v) is 4.76. The third-order valence-electron chi connectivity index (χ3n) is 3.12. The van der Waals surface area contributed by atoms with E-state index in [0.717, 1.165) is 36.7 Å². The molecule has 2 atom stereocenters. The average Bonchev–Trinajstić information content (AvgIpc) is 2.60. The monoisotopic (exact) mass is 220 g/mol. The summed E-state index contributed by atoms with van der Waals surface area (Å²) in [5.74, 6) is 2.46. The molecule has 16 heavy (non-hydrogen) atoms. The lowest BCUT2D eigenvalue weighted by atomic mass is 10.1. The van der Waals surface area contributed by atoms with Gasteiger partial charge in [-0.15, -0.1) is 0 Å². The van der Waals surface area contributed by atoms with Crippen molar-refractivity contribution >= 4 is 5.82 Å². The van der Waals surface area contributed by atoms with Gasteiger partial charge in [-0.3, -0.25) is 0 Å². The Balaban J connectivity index is 1.89. The van der Waals surface area contributed by atoms with Gasteiger partial charge in [0.05, 0.1) is 0 Å². The normalized spacial score (nSPS) is 24.7. The van der Waals surface area contributed by atoms with Crippen molar-refractivity contribution in [2.75, 3.05) is 11.9 Å². The van der Waals surface area contributed by atoms with Crippen LogP contribution in [-0.2, 0) is 0 Å². The summed E-state index contributed by atoms with van der Waals surface area (Å²) in [5.41, 5.74) is 6.90. The highest BCUT2D eigenvalue weighted by Crippen LogP contribution is 2.24. The summed E-state index contributed by atoms with van der Waals surface area (Å²) in [4.78, 5) is 8.62. The number of hydrogen-bond donors (Lipinski definition) is 2. The largest absolute Gasteiger partial charge is 0.370 e. The van der Waals surface area contributed by atoms with Gasteiger partial charge in [-0.25, -0.2) is 9.97 Å². The van der Waals surface area contributed by atoms with E-state index >= 15 is 0 Å². The minimum absolute atomic E-state index is 0.403. The summed E-state index contributed by atoms with van der Waals surface area (Å²) in [7, 11) is 0. The predicted octanol–water partition coefficient (Wildman–Crippen LogP) is 1.63. The molecule has 1 aromatic heterocycles. The first-order chi connectivity index (χ1) is 7.63. The van der Waals surface area contributed by atoms with Gasteiger partial charge in [0.1, 0.15) is 11.6 Å². The highest BCUT2D eigenvalue weighted by atomic mass is 15.0. The van der Waals surface area contributed by atoms with Crippen LogP contribution in [0, 0.1) is 19.8 Å². The fraction of sp³-hybridized carbons (Fsp3) is 0.667. The molecule has 3 N–H and O–H groups in total. The maximum Gasteiger partial charge on any atom is 0.129 e. The number of aryl methyl sites for hydroxylation is 2. The molecule has 0 amide bonds. The van der Waals surface area contributed by atoms with E-state index in [9.17, 15) is 0 Å². The number of nitrogens with zero attached hydrogens (tertiary/aromatic N) is 2. The Labute approximate surface area is 96.7 Å². The molecule has 1 fully saturated rings. The lowest BCUT2D eigenvalue weighted by Gasteiger charge is -2.12. The molecule has 1 heterocycles. The van der Waals surface area contributed by atoms with E-state index in [0.29, 0.717) is 12.0 Å². The van der Waals surface area contributed by atoms with Gasteiger partial charge < -0.3 is 11.1 Å². The summed E-state index contributed by atoms with van der Waals surface area (Å²) in [6.45, 7) is 4.89. The molecule has 2 unspecified atom stereocenters. The van der Waals surface area contributed by atoms with Crippen LogP contribution in [-0.4, -0.2) is 22.6 Å². The minimum atomic E-state index is 0.403. The molecule has 1 aliphatic carbocycles. The Kier molecular flexibility index (Phi) is 3.39. The molecule has 1 saturated carbocycles. The molecule has 1 aromatic rings. The highest BCUT2D eigenvalue weighted by molar-refractivity contribution is 5.35. The van der Waals surface area contributed by atoms with Gasteiger partial charge in [0.25, 0.3) is 0 Å². The first-order valence-electron chi connectivity index (χ1n) is 5.95. The second-order valence-electron chi connectivity index (χ2n) is 4.76. The van der Waals surface area contributed by atoms with Crippen molar-refractivity contribution in [1.29, 1.82) is 0 Å². The van der Waals surface area contributed by atoms with Crippen LogP contribution in [0.3, 0.4) is 0 Å². The molecule has 1 aliphatic rings. The van der Waals surface area contributed by atoms with E-state index in [4.69, 9.17) is 5.73 Å². The van der Waals surface area contributed by atoms with E-state index in [1.54, 1.807) is 0 Å². The van der Waals surface area contributed by atoms with E-state index in [2.05, 4.69) is 15.3 Å². The van der Waals surface area contributed by atoms with E-state index in [1.807, 2.05) is 19.9 Å². The smallest absolute Gasteiger partial charge is 0.129 e. The molecule has 0 aromatic carbocycles. The quantitative estimate of drug-likeness (QED) is 0.812. The summed E-state index contributed by atoms with van der Waals surface area (Å²) < 4.78 is 0. The molecule has 0 spiro atoms. The number of rotatable bonds is 3. The topological polar surface area (TPSA) is 63.8 Å².